The molecule has 0 aliphatic carbocycles. The van der Waals surface area contributed by atoms with Crippen molar-refractivity contribution in [2.45, 2.75) is 69.2 Å². The number of sulfone groups is 1. The van der Waals surface area contributed by atoms with Gasteiger partial charge in [-0.05, 0) is 43.4 Å². The lowest BCUT2D eigenvalue weighted by Crippen LogP contribution is -2.29. The highest BCUT2D eigenvalue weighted by Crippen LogP contribution is 2.16. The van der Waals surface area contributed by atoms with E-state index in [1.165, 1.54) is 18.4 Å². The fraction of sp³-hybridized carbons (Fsp3) is 0.611. The topological polar surface area (TPSA) is 97.5 Å². The summed E-state index contributed by atoms with van der Waals surface area (Å²) in [4.78, 5) is 11.0. The maximum absolute atomic E-state index is 12.3. The number of aliphatic carboxylic acids is 1. The van der Waals surface area contributed by atoms with Crippen molar-refractivity contribution < 1.29 is 18.3 Å². The number of aryl methyl sites for hydroxylation is 1. The zero-order valence-corrected chi connectivity index (χ0v) is 15.2. The summed E-state index contributed by atoms with van der Waals surface area (Å²) < 4.78 is 24.6. The second-order valence-electron chi connectivity index (χ2n) is 6.21. The predicted molar refractivity (Wildman–Crippen MR) is 95.8 cm³/mol. The Morgan fingerprint density at radius 2 is 1.75 bits per heavy atom. The van der Waals surface area contributed by atoms with E-state index in [1.54, 1.807) is 12.1 Å². The lowest BCUT2D eigenvalue weighted by atomic mass is 10.1. The monoisotopic (exact) mass is 355 g/mol. The van der Waals surface area contributed by atoms with E-state index in [2.05, 4.69) is 6.92 Å². The first-order valence-corrected chi connectivity index (χ1v) is 10.3. The van der Waals surface area contributed by atoms with Gasteiger partial charge in [0, 0.05) is 0 Å². The summed E-state index contributed by atoms with van der Waals surface area (Å²) in [6, 6.07) is 6.32. The van der Waals surface area contributed by atoms with Crippen molar-refractivity contribution in [1.29, 1.82) is 0 Å². The number of carboxylic acid groups (broad SMARTS) is 1. The third kappa shape index (κ3) is 7.45. The molecule has 0 fully saturated rings. The van der Waals surface area contributed by atoms with Crippen LogP contribution in [0.5, 0.6) is 0 Å². The Bertz CT molecular complexity index is 596. The molecule has 0 saturated heterocycles. The summed E-state index contributed by atoms with van der Waals surface area (Å²) in [6.07, 6.45) is 6.65. The lowest BCUT2D eigenvalue weighted by Gasteiger charge is -2.07. The van der Waals surface area contributed by atoms with Crippen molar-refractivity contribution in [3.05, 3.63) is 29.8 Å². The van der Waals surface area contributed by atoms with Crippen molar-refractivity contribution in [3.63, 3.8) is 0 Å². The Morgan fingerprint density at radius 1 is 1.08 bits per heavy atom. The molecule has 24 heavy (non-hydrogen) atoms. The van der Waals surface area contributed by atoms with Gasteiger partial charge < -0.3 is 10.8 Å². The average molecular weight is 356 g/mol. The fourth-order valence-electron chi connectivity index (χ4n) is 2.52. The Hall–Kier alpha value is -1.40. The molecule has 6 heteroatoms. The molecule has 0 aromatic heterocycles. The molecule has 136 valence electrons. The molecule has 0 saturated carbocycles. The minimum Gasteiger partial charge on any atom is -0.480 e. The van der Waals surface area contributed by atoms with Gasteiger partial charge in [0.2, 0.25) is 0 Å². The number of unbranched alkanes of at least 4 members (excludes halogenated alkanes) is 4. The van der Waals surface area contributed by atoms with E-state index in [0.717, 1.165) is 12.8 Å². The van der Waals surface area contributed by atoms with Crippen LogP contribution in [-0.4, -0.2) is 31.3 Å². The molecule has 0 radical (unpaired) electrons. The maximum atomic E-state index is 12.3. The normalized spacial score (nSPS) is 12.9. The molecule has 0 spiro atoms. The number of benzene rings is 1. The van der Waals surface area contributed by atoms with Crippen LogP contribution in [0.4, 0.5) is 0 Å². The fourth-order valence-corrected chi connectivity index (χ4v) is 3.89. The zero-order valence-electron chi connectivity index (χ0n) is 14.4. The van der Waals surface area contributed by atoms with Crippen LogP contribution in [0.3, 0.4) is 0 Å². The van der Waals surface area contributed by atoms with E-state index < -0.39 is 21.8 Å². The summed E-state index contributed by atoms with van der Waals surface area (Å²) >= 11 is 0. The molecule has 5 nitrogen and oxygen atoms in total. The Kier molecular flexibility index (Phi) is 9.00. The van der Waals surface area contributed by atoms with E-state index >= 15 is 0 Å². The van der Waals surface area contributed by atoms with Crippen LogP contribution in [0.25, 0.3) is 0 Å². The highest BCUT2D eigenvalue weighted by atomic mass is 32.2. The Morgan fingerprint density at radius 3 is 2.33 bits per heavy atom. The van der Waals surface area contributed by atoms with Gasteiger partial charge in [-0.1, -0.05) is 44.7 Å². The van der Waals surface area contributed by atoms with E-state index in [-0.39, 0.29) is 5.75 Å². The van der Waals surface area contributed by atoms with Crippen LogP contribution in [-0.2, 0) is 21.1 Å². The zero-order chi connectivity index (χ0) is 18.0. The van der Waals surface area contributed by atoms with Crippen molar-refractivity contribution >= 4 is 15.8 Å². The first-order valence-electron chi connectivity index (χ1n) is 8.67. The molecule has 0 bridgehead atoms. The van der Waals surface area contributed by atoms with Gasteiger partial charge >= 0.3 is 5.97 Å². The SMILES string of the molecule is CCCCCc1ccc(S(=O)(=O)CCCCC[C@H](N)C(=O)O)cc1. The quantitative estimate of drug-likeness (QED) is 0.561. The Balaban J connectivity index is 2.40. The minimum absolute atomic E-state index is 0.0878. The molecule has 0 unspecified atom stereocenters. The van der Waals surface area contributed by atoms with Gasteiger partial charge in [-0.3, -0.25) is 4.79 Å². The predicted octanol–water partition coefficient (Wildman–Crippen LogP) is 3.17. The number of hydrogen-bond donors (Lipinski definition) is 2. The van der Waals surface area contributed by atoms with E-state index in [0.29, 0.717) is 30.6 Å². The standard InChI is InChI=1S/C18H29NO4S/c1-2-3-5-8-15-10-12-16(13-11-15)24(22,23)14-7-4-6-9-17(19)18(20)21/h10-13,17H,2-9,14,19H2,1H3,(H,20,21)/t17-/m0/s1. The van der Waals surface area contributed by atoms with Crippen LogP contribution < -0.4 is 5.73 Å². The van der Waals surface area contributed by atoms with Gasteiger partial charge in [0.1, 0.15) is 6.04 Å². The average Bonchev–Trinajstić information content (AvgIpc) is 2.55. The molecule has 0 aliphatic rings. The van der Waals surface area contributed by atoms with Gasteiger partial charge in [0.05, 0.1) is 10.6 Å². The van der Waals surface area contributed by atoms with Crippen molar-refractivity contribution in [2.24, 2.45) is 5.73 Å². The Labute approximate surface area is 145 Å². The third-order valence-electron chi connectivity index (χ3n) is 4.10. The molecule has 3 N–H and O–H groups in total. The smallest absolute Gasteiger partial charge is 0.320 e. The molecule has 0 aliphatic heterocycles. The van der Waals surface area contributed by atoms with Gasteiger partial charge in [0.15, 0.2) is 9.84 Å². The van der Waals surface area contributed by atoms with Crippen molar-refractivity contribution in [2.75, 3.05) is 5.75 Å². The highest BCUT2D eigenvalue weighted by molar-refractivity contribution is 7.91. The molecular formula is C18H29NO4S. The largest absolute Gasteiger partial charge is 0.480 e. The van der Waals surface area contributed by atoms with E-state index in [1.807, 2.05) is 12.1 Å². The minimum atomic E-state index is -3.27. The first kappa shape index (κ1) is 20.6. The highest BCUT2D eigenvalue weighted by Gasteiger charge is 2.15. The van der Waals surface area contributed by atoms with Gasteiger partial charge in [-0.15, -0.1) is 0 Å². The van der Waals surface area contributed by atoms with Crippen LogP contribution >= 0.6 is 0 Å². The number of nitrogens with two attached hydrogens (primary N) is 1. The molecule has 1 rings (SSSR count). The summed E-state index contributed by atoms with van der Waals surface area (Å²) in [5, 5.41) is 8.69. The van der Waals surface area contributed by atoms with Crippen molar-refractivity contribution in [1.82, 2.24) is 0 Å². The summed E-state index contributed by atoms with van der Waals surface area (Å²) in [6.45, 7) is 2.16. The second kappa shape index (κ2) is 10.5. The molecule has 0 amide bonds. The number of carbonyl (C=O) groups is 1. The third-order valence-corrected chi connectivity index (χ3v) is 5.91. The summed E-state index contributed by atoms with van der Waals surface area (Å²) in [7, 11) is -3.27. The molecule has 1 atom stereocenters. The number of carboxylic acids is 1. The molecule has 1 aromatic rings. The van der Waals surface area contributed by atoms with Gasteiger partial charge in [0.25, 0.3) is 0 Å². The summed E-state index contributed by atoms with van der Waals surface area (Å²) in [5.74, 6) is -0.925. The van der Waals surface area contributed by atoms with Crippen LogP contribution in [0.15, 0.2) is 29.2 Å². The first-order chi connectivity index (χ1) is 11.4. The summed E-state index contributed by atoms with van der Waals surface area (Å²) in [5.41, 5.74) is 6.59. The van der Waals surface area contributed by atoms with Crippen LogP contribution in [0.2, 0.25) is 0 Å². The van der Waals surface area contributed by atoms with Crippen molar-refractivity contribution in [3.8, 4) is 0 Å². The van der Waals surface area contributed by atoms with Crippen LogP contribution in [0, 0.1) is 0 Å². The van der Waals surface area contributed by atoms with Gasteiger partial charge in [-0.25, -0.2) is 8.42 Å². The number of hydrogen-bond acceptors (Lipinski definition) is 4. The van der Waals surface area contributed by atoms with Gasteiger partial charge in [-0.2, -0.15) is 0 Å². The second-order valence-corrected chi connectivity index (χ2v) is 8.32. The maximum Gasteiger partial charge on any atom is 0.320 e. The molecule has 1 aromatic carbocycles. The van der Waals surface area contributed by atoms with E-state index in [4.69, 9.17) is 10.8 Å². The molecular weight excluding hydrogens is 326 g/mol. The number of rotatable bonds is 12. The van der Waals surface area contributed by atoms with E-state index in [9.17, 15) is 13.2 Å². The lowest BCUT2D eigenvalue weighted by molar-refractivity contribution is -0.138. The molecule has 0 heterocycles. The van der Waals surface area contributed by atoms with Crippen LogP contribution in [0.1, 0.15) is 57.4 Å².